The van der Waals surface area contributed by atoms with Crippen LogP contribution in [0.2, 0.25) is 10.0 Å². The normalized spacial score (nSPS) is 10.4. The molecule has 0 aliphatic rings. The van der Waals surface area contributed by atoms with E-state index >= 15 is 0 Å². The van der Waals surface area contributed by atoms with E-state index in [0.29, 0.717) is 15.7 Å². The van der Waals surface area contributed by atoms with Crippen molar-refractivity contribution in [3.8, 4) is 0 Å². The van der Waals surface area contributed by atoms with Crippen LogP contribution in [-0.2, 0) is 0 Å². The fourth-order valence-electron chi connectivity index (χ4n) is 1.45. The second-order valence-electron chi connectivity index (χ2n) is 3.73. The molecule has 0 amide bonds. The van der Waals surface area contributed by atoms with Gasteiger partial charge in [0.25, 0.3) is 0 Å². The molecule has 0 bridgehead atoms. The summed E-state index contributed by atoms with van der Waals surface area (Å²) in [6.45, 7) is 0. The molecule has 0 aliphatic carbocycles. The molecule has 2 aromatic rings. The summed E-state index contributed by atoms with van der Waals surface area (Å²) in [6.07, 6.45) is 0. The van der Waals surface area contributed by atoms with Gasteiger partial charge in [0.1, 0.15) is 0 Å². The van der Waals surface area contributed by atoms with Crippen LogP contribution in [-0.4, -0.2) is 11.1 Å². The molecule has 3 N–H and O–H groups in total. The largest absolute Gasteiger partial charge is 0.478 e. The lowest BCUT2D eigenvalue weighted by Crippen LogP contribution is -1.98. The monoisotopic (exact) mass is 313 g/mol. The van der Waals surface area contributed by atoms with E-state index < -0.39 is 5.97 Å². The van der Waals surface area contributed by atoms with E-state index in [1.165, 1.54) is 23.9 Å². The zero-order chi connectivity index (χ0) is 14.0. The van der Waals surface area contributed by atoms with Gasteiger partial charge in [-0.25, -0.2) is 4.79 Å². The second kappa shape index (κ2) is 5.74. The van der Waals surface area contributed by atoms with Crippen LogP contribution in [0.5, 0.6) is 0 Å². The van der Waals surface area contributed by atoms with E-state index in [9.17, 15) is 4.79 Å². The summed E-state index contributed by atoms with van der Waals surface area (Å²) in [6, 6.07) is 9.71. The first kappa shape index (κ1) is 14.1. The molecule has 0 saturated heterocycles. The third-order valence-corrected chi connectivity index (χ3v) is 4.20. The van der Waals surface area contributed by atoms with Crippen molar-refractivity contribution in [1.82, 2.24) is 0 Å². The van der Waals surface area contributed by atoms with Gasteiger partial charge in [0.2, 0.25) is 0 Å². The minimum atomic E-state index is -1.01. The van der Waals surface area contributed by atoms with Crippen LogP contribution >= 0.6 is 35.0 Å². The van der Waals surface area contributed by atoms with Crippen LogP contribution in [0.1, 0.15) is 10.4 Å². The average molecular weight is 314 g/mol. The Hall–Kier alpha value is -1.36. The van der Waals surface area contributed by atoms with Crippen LogP contribution in [0.15, 0.2) is 46.2 Å². The Morgan fingerprint density at radius 2 is 1.84 bits per heavy atom. The predicted octanol–water partition coefficient (Wildman–Crippen LogP) is 4.43. The Morgan fingerprint density at radius 1 is 1.11 bits per heavy atom. The molecule has 19 heavy (non-hydrogen) atoms. The number of anilines is 1. The number of rotatable bonds is 3. The van der Waals surface area contributed by atoms with Gasteiger partial charge in [-0.05, 0) is 36.4 Å². The van der Waals surface area contributed by atoms with Crippen LogP contribution in [0.3, 0.4) is 0 Å². The minimum Gasteiger partial charge on any atom is -0.478 e. The summed E-state index contributed by atoms with van der Waals surface area (Å²) in [7, 11) is 0. The van der Waals surface area contributed by atoms with Crippen molar-refractivity contribution in [2.24, 2.45) is 0 Å². The Morgan fingerprint density at radius 3 is 2.47 bits per heavy atom. The SMILES string of the molecule is Nc1cc(C(=O)O)ccc1Sc1cc(Cl)ccc1Cl. The number of carbonyl (C=O) groups is 1. The molecule has 0 atom stereocenters. The van der Waals surface area contributed by atoms with Gasteiger partial charge < -0.3 is 10.8 Å². The molecule has 6 heteroatoms. The number of hydrogen-bond acceptors (Lipinski definition) is 3. The van der Waals surface area contributed by atoms with Crippen LogP contribution in [0.4, 0.5) is 5.69 Å². The third kappa shape index (κ3) is 3.35. The molecule has 98 valence electrons. The zero-order valence-corrected chi connectivity index (χ0v) is 11.9. The van der Waals surface area contributed by atoms with Gasteiger partial charge in [-0.3, -0.25) is 0 Å². The Bertz CT molecular complexity index is 647. The first-order valence-electron chi connectivity index (χ1n) is 5.23. The van der Waals surface area contributed by atoms with Gasteiger partial charge in [0.05, 0.1) is 10.6 Å². The lowest BCUT2D eigenvalue weighted by molar-refractivity contribution is 0.0697. The van der Waals surface area contributed by atoms with Crippen molar-refractivity contribution < 1.29 is 9.90 Å². The highest BCUT2D eigenvalue weighted by molar-refractivity contribution is 7.99. The Labute approximate surface area is 124 Å². The summed E-state index contributed by atoms with van der Waals surface area (Å²) in [5.41, 5.74) is 6.38. The smallest absolute Gasteiger partial charge is 0.335 e. The summed E-state index contributed by atoms with van der Waals surface area (Å²) in [5, 5.41) is 10.0. The Kier molecular flexibility index (Phi) is 4.24. The lowest BCUT2D eigenvalue weighted by Gasteiger charge is -2.08. The van der Waals surface area contributed by atoms with Crippen molar-refractivity contribution in [1.29, 1.82) is 0 Å². The van der Waals surface area contributed by atoms with E-state index in [1.54, 1.807) is 24.3 Å². The molecule has 0 spiro atoms. The molecule has 0 radical (unpaired) electrons. The summed E-state index contributed by atoms with van der Waals surface area (Å²) >= 11 is 13.3. The number of carboxylic acids is 1. The second-order valence-corrected chi connectivity index (χ2v) is 5.66. The van der Waals surface area contributed by atoms with Crippen LogP contribution in [0, 0.1) is 0 Å². The first-order chi connectivity index (χ1) is 8.97. The highest BCUT2D eigenvalue weighted by atomic mass is 35.5. The van der Waals surface area contributed by atoms with E-state index in [1.807, 2.05) is 0 Å². The van der Waals surface area contributed by atoms with E-state index in [0.717, 1.165) is 9.79 Å². The topological polar surface area (TPSA) is 63.3 Å². The number of carboxylic acid groups (broad SMARTS) is 1. The molecule has 0 aliphatic heterocycles. The van der Waals surface area contributed by atoms with Gasteiger partial charge >= 0.3 is 5.97 Å². The van der Waals surface area contributed by atoms with Gasteiger partial charge in [0.15, 0.2) is 0 Å². The van der Waals surface area contributed by atoms with E-state index in [2.05, 4.69) is 0 Å². The Balaban J connectivity index is 2.33. The maximum absolute atomic E-state index is 10.8. The lowest BCUT2D eigenvalue weighted by atomic mass is 10.2. The van der Waals surface area contributed by atoms with Crippen molar-refractivity contribution >= 4 is 46.6 Å². The number of aromatic carboxylic acids is 1. The molecule has 0 unspecified atom stereocenters. The number of nitrogen functional groups attached to an aromatic ring is 1. The molecule has 0 heterocycles. The maximum Gasteiger partial charge on any atom is 0.335 e. The summed E-state index contributed by atoms with van der Waals surface area (Å²) in [5.74, 6) is -1.01. The van der Waals surface area contributed by atoms with Crippen molar-refractivity contribution in [2.45, 2.75) is 9.79 Å². The number of benzene rings is 2. The highest BCUT2D eigenvalue weighted by Gasteiger charge is 2.09. The van der Waals surface area contributed by atoms with Crippen LogP contribution < -0.4 is 5.73 Å². The third-order valence-electron chi connectivity index (χ3n) is 2.37. The fraction of sp³-hybridized carbons (Fsp3) is 0. The van der Waals surface area contributed by atoms with Gasteiger partial charge in [-0.15, -0.1) is 0 Å². The molecular weight excluding hydrogens is 305 g/mol. The molecule has 0 fully saturated rings. The van der Waals surface area contributed by atoms with Crippen molar-refractivity contribution in [2.75, 3.05) is 5.73 Å². The predicted molar refractivity (Wildman–Crippen MR) is 78.4 cm³/mol. The fourth-order valence-corrected chi connectivity index (χ4v) is 2.82. The molecule has 2 aromatic carbocycles. The zero-order valence-electron chi connectivity index (χ0n) is 9.56. The van der Waals surface area contributed by atoms with E-state index in [-0.39, 0.29) is 5.56 Å². The first-order valence-corrected chi connectivity index (χ1v) is 6.80. The number of nitrogens with two attached hydrogens (primary N) is 1. The molecule has 2 rings (SSSR count). The maximum atomic E-state index is 10.8. The molecule has 0 aromatic heterocycles. The standard InChI is InChI=1S/C13H9Cl2NO2S/c14-8-2-3-9(15)12(6-8)19-11-4-1-7(13(17)18)5-10(11)16/h1-6H,16H2,(H,17,18). The molecular formula is C13H9Cl2NO2S. The van der Waals surface area contributed by atoms with Crippen LogP contribution in [0.25, 0.3) is 0 Å². The number of halogens is 2. The van der Waals surface area contributed by atoms with Crippen molar-refractivity contribution in [3.63, 3.8) is 0 Å². The molecule has 3 nitrogen and oxygen atoms in total. The minimum absolute atomic E-state index is 0.152. The summed E-state index contributed by atoms with van der Waals surface area (Å²) < 4.78 is 0. The van der Waals surface area contributed by atoms with E-state index in [4.69, 9.17) is 34.0 Å². The highest BCUT2D eigenvalue weighted by Crippen LogP contribution is 2.37. The summed E-state index contributed by atoms with van der Waals surface area (Å²) in [4.78, 5) is 12.3. The van der Waals surface area contributed by atoms with Gasteiger partial charge in [-0.1, -0.05) is 35.0 Å². The molecule has 0 saturated carbocycles. The quantitative estimate of drug-likeness (QED) is 0.823. The van der Waals surface area contributed by atoms with Gasteiger partial charge in [0, 0.05) is 20.5 Å². The number of hydrogen-bond donors (Lipinski definition) is 2. The average Bonchev–Trinajstić information content (AvgIpc) is 2.36. The van der Waals surface area contributed by atoms with Gasteiger partial charge in [-0.2, -0.15) is 0 Å². The van der Waals surface area contributed by atoms with Crippen molar-refractivity contribution in [3.05, 3.63) is 52.0 Å².